The van der Waals surface area contributed by atoms with Crippen LogP contribution < -0.4 is 0 Å². The topological polar surface area (TPSA) is 33.2 Å². The Hall–Kier alpha value is -0.420. The number of hydrogen-bond acceptors (Lipinski definition) is 3. The average molecular weight is 305 g/mol. The zero-order chi connectivity index (χ0) is 12.0. The molecule has 0 bridgehead atoms. The van der Waals surface area contributed by atoms with E-state index >= 15 is 0 Å². The number of hydrogen-bond donors (Lipinski definition) is 0. The Morgan fingerprint density at radius 2 is 2.31 bits per heavy atom. The van der Waals surface area contributed by atoms with Crippen molar-refractivity contribution in [2.24, 2.45) is 0 Å². The maximum Gasteiger partial charge on any atom is 0.222 e. The zero-order valence-corrected chi connectivity index (χ0v) is 12.1. The highest BCUT2D eigenvalue weighted by atomic mass is 79.9. The van der Waals surface area contributed by atoms with Gasteiger partial charge in [-0.3, -0.25) is 4.79 Å². The summed E-state index contributed by atoms with van der Waals surface area (Å²) in [5.41, 5.74) is 0.985. The molecule has 0 aliphatic heterocycles. The minimum absolute atomic E-state index is 0.201. The molecule has 5 heteroatoms. The molecule has 0 aliphatic carbocycles. The molecule has 0 atom stereocenters. The Kier molecular flexibility index (Phi) is 5.98. The molecule has 1 amide bonds. The van der Waals surface area contributed by atoms with Crippen molar-refractivity contribution >= 4 is 33.2 Å². The highest BCUT2D eigenvalue weighted by molar-refractivity contribution is 9.09. The third-order valence-electron chi connectivity index (χ3n) is 2.27. The van der Waals surface area contributed by atoms with Gasteiger partial charge < -0.3 is 4.90 Å². The van der Waals surface area contributed by atoms with Gasteiger partial charge in [0.2, 0.25) is 5.91 Å². The van der Waals surface area contributed by atoms with Crippen LogP contribution in [0.15, 0.2) is 5.38 Å². The smallest absolute Gasteiger partial charge is 0.222 e. The van der Waals surface area contributed by atoms with Crippen LogP contribution in [0, 0.1) is 6.92 Å². The standard InChI is InChI=1S/C11H17BrN2OS/c1-9-13-10(8-16-9)7-14(2)11(15)5-3-4-6-12/h8H,3-7H2,1-2H3. The van der Waals surface area contributed by atoms with E-state index < -0.39 is 0 Å². The summed E-state index contributed by atoms with van der Waals surface area (Å²) in [6.07, 6.45) is 2.63. The first kappa shape index (κ1) is 13.6. The van der Waals surface area contributed by atoms with Gasteiger partial charge in [0.1, 0.15) is 0 Å². The molecule has 3 nitrogen and oxygen atoms in total. The maximum absolute atomic E-state index is 11.7. The second kappa shape index (κ2) is 7.01. The Morgan fingerprint density at radius 3 is 2.88 bits per heavy atom. The van der Waals surface area contributed by atoms with Crippen LogP contribution in [0.25, 0.3) is 0 Å². The lowest BCUT2D eigenvalue weighted by Crippen LogP contribution is -2.26. The Bertz CT molecular complexity index is 340. The lowest BCUT2D eigenvalue weighted by atomic mass is 10.2. The van der Waals surface area contributed by atoms with Crippen molar-refractivity contribution in [2.75, 3.05) is 12.4 Å². The van der Waals surface area contributed by atoms with Gasteiger partial charge in [-0.05, 0) is 19.8 Å². The second-order valence-corrected chi connectivity index (χ2v) is 5.61. The van der Waals surface area contributed by atoms with E-state index in [0.717, 1.165) is 28.9 Å². The average Bonchev–Trinajstić information content (AvgIpc) is 2.64. The first-order valence-electron chi connectivity index (χ1n) is 5.34. The van der Waals surface area contributed by atoms with Crippen molar-refractivity contribution in [1.82, 2.24) is 9.88 Å². The number of aromatic nitrogens is 1. The predicted octanol–water partition coefficient (Wildman–Crippen LogP) is 2.98. The van der Waals surface area contributed by atoms with Crippen LogP contribution in [0.2, 0.25) is 0 Å². The quantitative estimate of drug-likeness (QED) is 0.598. The molecule has 0 aliphatic rings. The monoisotopic (exact) mass is 304 g/mol. The molecule has 1 rings (SSSR count). The number of aryl methyl sites for hydroxylation is 1. The lowest BCUT2D eigenvalue weighted by Gasteiger charge is -2.15. The number of carbonyl (C=O) groups is 1. The SMILES string of the molecule is Cc1nc(CN(C)C(=O)CCCCBr)cs1. The van der Waals surface area contributed by atoms with E-state index in [0.29, 0.717) is 13.0 Å². The minimum Gasteiger partial charge on any atom is -0.340 e. The molecule has 0 saturated carbocycles. The van der Waals surface area contributed by atoms with Gasteiger partial charge in [-0.25, -0.2) is 4.98 Å². The fraction of sp³-hybridized carbons (Fsp3) is 0.636. The summed E-state index contributed by atoms with van der Waals surface area (Å²) < 4.78 is 0. The van der Waals surface area contributed by atoms with Crippen molar-refractivity contribution in [1.29, 1.82) is 0 Å². The zero-order valence-electron chi connectivity index (χ0n) is 9.70. The number of unbranched alkanes of at least 4 members (excludes halogenated alkanes) is 1. The second-order valence-electron chi connectivity index (χ2n) is 3.75. The van der Waals surface area contributed by atoms with E-state index in [1.807, 2.05) is 19.4 Å². The fourth-order valence-electron chi connectivity index (χ4n) is 1.37. The molecular formula is C11H17BrN2OS. The maximum atomic E-state index is 11.7. The molecule has 0 unspecified atom stereocenters. The number of carbonyl (C=O) groups excluding carboxylic acids is 1. The van der Waals surface area contributed by atoms with Crippen LogP contribution >= 0.6 is 27.3 Å². The molecule has 0 aromatic carbocycles. The van der Waals surface area contributed by atoms with Crippen molar-refractivity contribution in [2.45, 2.75) is 32.7 Å². The van der Waals surface area contributed by atoms with Crippen LogP contribution in [-0.4, -0.2) is 28.2 Å². The first-order chi connectivity index (χ1) is 7.63. The van der Waals surface area contributed by atoms with Crippen molar-refractivity contribution in [3.05, 3.63) is 16.1 Å². The molecule has 90 valence electrons. The number of alkyl halides is 1. The summed E-state index contributed by atoms with van der Waals surface area (Å²) >= 11 is 4.98. The third kappa shape index (κ3) is 4.61. The van der Waals surface area contributed by atoms with Crippen LogP contribution in [0.1, 0.15) is 30.0 Å². The summed E-state index contributed by atoms with van der Waals surface area (Å²) in [5, 5.41) is 4.03. The van der Waals surface area contributed by atoms with Gasteiger partial charge in [-0.1, -0.05) is 15.9 Å². The van der Waals surface area contributed by atoms with Crippen molar-refractivity contribution in [3.63, 3.8) is 0 Å². The van der Waals surface area contributed by atoms with Crippen LogP contribution in [0.3, 0.4) is 0 Å². The fourth-order valence-corrected chi connectivity index (χ4v) is 2.37. The van der Waals surface area contributed by atoms with E-state index in [-0.39, 0.29) is 5.91 Å². The van der Waals surface area contributed by atoms with Gasteiger partial charge >= 0.3 is 0 Å². The molecule has 0 spiro atoms. The normalized spacial score (nSPS) is 10.4. The van der Waals surface area contributed by atoms with E-state index in [2.05, 4.69) is 20.9 Å². The largest absolute Gasteiger partial charge is 0.340 e. The molecule has 1 heterocycles. The van der Waals surface area contributed by atoms with Gasteiger partial charge in [-0.15, -0.1) is 11.3 Å². The Morgan fingerprint density at radius 1 is 1.56 bits per heavy atom. The number of halogens is 1. The molecule has 1 aromatic rings. The van der Waals surface area contributed by atoms with Crippen molar-refractivity contribution in [3.8, 4) is 0 Å². The number of thiazole rings is 1. The first-order valence-corrected chi connectivity index (χ1v) is 7.34. The molecule has 0 saturated heterocycles. The van der Waals surface area contributed by atoms with E-state index in [1.54, 1.807) is 16.2 Å². The van der Waals surface area contributed by atoms with Gasteiger partial charge in [0.25, 0.3) is 0 Å². The number of amides is 1. The molecule has 0 fully saturated rings. The summed E-state index contributed by atoms with van der Waals surface area (Å²) in [7, 11) is 1.84. The molecule has 0 N–H and O–H groups in total. The summed E-state index contributed by atoms with van der Waals surface area (Å²) in [6, 6.07) is 0. The highest BCUT2D eigenvalue weighted by Gasteiger charge is 2.10. The van der Waals surface area contributed by atoms with E-state index in [4.69, 9.17) is 0 Å². The lowest BCUT2D eigenvalue weighted by molar-refractivity contribution is -0.130. The predicted molar refractivity (Wildman–Crippen MR) is 71.0 cm³/mol. The molecule has 16 heavy (non-hydrogen) atoms. The summed E-state index contributed by atoms with van der Waals surface area (Å²) in [5.74, 6) is 0.201. The van der Waals surface area contributed by atoms with E-state index in [1.165, 1.54) is 0 Å². The van der Waals surface area contributed by atoms with Gasteiger partial charge in [-0.2, -0.15) is 0 Å². The van der Waals surface area contributed by atoms with Crippen LogP contribution in [0.5, 0.6) is 0 Å². The molecule has 0 radical (unpaired) electrons. The molecule has 1 aromatic heterocycles. The minimum atomic E-state index is 0.201. The van der Waals surface area contributed by atoms with Crippen LogP contribution in [-0.2, 0) is 11.3 Å². The van der Waals surface area contributed by atoms with E-state index in [9.17, 15) is 4.79 Å². The Labute approximate surface area is 109 Å². The summed E-state index contributed by atoms with van der Waals surface area (Å²) in [6.45, 7) is 2.60. The Balaban J connectivity index is 2.34. The van der Waals surface area contributed by atoms with Crippen molar-refractivity contribution < 1.29 is 4.79 Å². The van der Waals surface area contributed by atoms with Crippen LogP contribution in [0.4, 0.5) is 0 Å². The number of nitrogens with zero attached hydrogens (tertiary/aromatic N) is 2. The number of rotatable bonds is 6. The summed E-state index contributed by atoms with van der Waals surface area (Å²) in [4.78, 5) is 17.8. The third-order valence-corrected chi connectivity index (χ3v) is 3.65. The van der Waals surface area contributed by atoms with Gasteiger partial charge in [0.15, 0.2) is 0 Å². The molecular weight excluding hydrogens is 288 g/mol. The van der Waals surface area contributed by atoms with Gasteiger partial charge in [0, 0.05) is 24.2 Å². The van der Waals surface area contributed by atoms with Gasteiger partial charge in [0.05, 0.1) is 17.2 Å². The highest BCUT2D eigenvalue weighted by Crippen LogP contribution is 2.11.